The van der Waals surface area contributed by atoms with Crippen LogP contribution in [0.2, 0.25) is 5.02 Å². The van der Waals surface area contributed by atoms with Crippen LogP contribution in [0.4, 0.5) is 4.39 Å². The van der Waals surface area contributed by atoms with Gasteiger partial charge >= 0.3 is 5.97 Å². The summed E-state index contributed by atoms with van der Waals surface area (Å²) in [4.78, 5) is 13.9. The van der Waals surface area contributed by atoms with Gasteiger partial charge in [0.1, 0.15) is 17.3 Å². The van der Waals surface area contributed by atoms with Gasteiger partial charge in [-0.3, -0.25) is 9.36 Å². The van der Waals surface area contributed by atoms with Crippen LogP contribution >= 0.6 is 23.4 Å². The smallest absolute Gasteiger partial charge is 0.352 e. The van der Waals surface area contributed by atoms with Crippen LogP contribution in [0.3, 0.4) is 0 Å². The first-order valence-electron chi connectivity index (χ1n) is 18.0. The quantitative estimate of drug-likeness (QED) is 0.197. The molecule has 280 valence electrons. The lowest BCUT2D eigenvalue weighted by molar-refractivity contribution is 0.0685. The Morgan fingerprint density at radius 2 is 1.87 bits per heavy atom. The average Bonchev–Trinajstić information content (AvgIpc) is 3.77. The van der Waals surface area contributed by atoms with Gasteiger partial charge in [-0.1, -0.05) is 17.7 Å². The molecule has 0 saturated heterocycles. The van der Waals surface area contributed by atoms with Crippen molar-refractivity contribution in [3.63, 3.8) is 0 Å². The van der Waals surface area contributed by atoms with Gasteiger partial charge in [-0.2, -0.15) is 10.2 Å². The zero-order chi connectivity index (χ0) is 37.2. The Morgan fingerprint density at radius 1 is 1.04 bits per heavy atom. The summed E-state index contributed by atoms with van der Waals surface area (Å²) in [5.74, 6) is -0.134. The molecular weight excluding hydrogens is 751 g/mol. The molecule has 11 nitrogen and oxygen atoms in total. The number of hydrogen-bond acceptors (Lipinski definition) is 7. The summed E-state index contributed by atoms with van der Waals surface area (Å²) in [6.07, 6.45) is 2.74. The Balaban J connectivity index is 1.22. The molecule has 15 heteroatoms. The second kappa shape index (κ2) is 14.1. The molecule has 0 amide bonds. The molecule has 3 aliphatic rings. The molecule has 0 radical (unpaired) electrons. The van der Waals surface area contributed by atoms with Crippen LogP contribution in [-0.2, 0) is 68.2 Å². The van der Waals surface area contributed by atoms with Crippen LogP contribution in [0.25, 0.3) is 32.8 Å². The van der Waals surface area contributed by atoms with Gasteiger partial charge in [0, 0.05) is 57.6 Å². The third-order valence-electron chi connectivity index (χ3n) is 10.5. The van der Waals surface area contributed by atoms with Gasteiger partial charge in [0.25, 0.3) is 0 Å². The third kappa shape index (κ3) is 6.41. The van der Waals surface area contributed by atoms with E-state index < -0.39 is 17.0 Å². The summed E-state index contributed by atoms with van der Waals surface area (Å²) in [7, 11) is 2.37. The minimum atomic E-state index is -1.30. The lowest BCUT2D eigenvalue weighted by atomic mass is 9.97. The van der Waals surface area contributed by atoms with E-state index in [-0.39, 0.29) is 23.3 Å². The van der Waals surface area contributed by atoms with Crippen LogP contribution in [0.1, 0.15) is 58.1 Å². The van der Waals surface area contributed by atoms with Crippen molar-refractivity contribution in [3.05, 3.63) is 93.4 Å². The number of aromatic nitrogens is 5. The Morgan fingerprint density at radius 3 is 2.69 bits per heavy atom. The number of ether oxygens (including phenoxy) is 2. The minimum absolute atomic E-state index is 0.0666. The fourth-order valence-electron chi connectivity index (χ4n) is 7.83. The van der Waals surface area contributed by atoms with Gasteiger partial charge in [-0.05, 0) is 79.1 Å². The molecule has 54 heavy (non-hydrogen) atoms. The van der Waals surface area contributed by atoms with Crippen molar-refractivity contribution in [1.82, 2.24) is 28.4 Å². The molecular formula is C39H38ClFN6O5S2. The van der Waals surface area contributed by atoms with Crippen molar-refractivity contribution in [2.75, 3.05) is 13.2 Å². The Labute approximate surface area is 322 Å². The highest BCUT2D eigenvalue weighted by Gasteiger charge is 2.36. The molecule has 8 bridgehead atoms. The van der Waals surface area contributed by atoms with Crippen molar-refractivity contribution < 1.29 is 28.0 Å². The number of nitrogens with zero attached hydrogens (tertiary/aromatic N) is 6. The standard InChI is InChI=1S/C39H38ClFN6O5S2/c1-44-37-30-9-10-31(40)35(37)36-32(43-47-11-13-51-20-33(36)47)19-46(54(50)27-6-7-27)18-24-16-25(45(2)42-24)21-53-26-15-22-14-23(41)5-8-28(22)34(17-26)52-12-3-4-29(30)38(44)39(48)49/h5,8-10,14-17,27H,3-4,6-7,11-13,18-21H2,1-2H3,(H,48,49). The lowest BCUT2D eigenvalue weighted by Gasteiger charge is -2.21. The number of aromatic carboxylic acids is 1. The molecule has 1 fully saturated rings. The van der Waals surface area contributed by atoms with Crippen LogP contribution in [0.5, 0.6) is 5.75 Å². The molecule has 1 aliphatic carbocycles. The number of rotatable bonds is 3. The van der Waals surface area contributed by atoms with Gasteiger partial charge in [0.15, 0.2) is 0 Å². The molecule has 1 unspecified atom stereocenters. The van der Waals surface area contributed by atoms with Gasteiger partial charge in [0.05, 0.1) is 78.1 Å². The van der Waals surface area contributed by atoms with E-state index in [0.29, 0.717) is 84.6 Å². The first kappa shape index (κ1) is 35.5. The maximum atomic E-state index is 14.4. The van der Waals surface area contributed by atoms with E-state index in [1.165, 1.54) is 12.1 Å². The topological polar surface area (TPSA) is 117 Å². The van der Waals surface area contributed by atoms with E-state index in [1.54, 1.807) is 29.4 Å². The van der Waals surface area contributed by atoms with Crippen molar-refractivity contribution in [2.45, 2.75) is 67.8 Å². The van der Waals surface area contributed by atoms with Crippen molar-refractivity contribution >= 4 is 62.0 Å². The second-order valence-corrected chi connectivity index (χ2v) is 17.3. The number of carboxylic acid groups (broad SMARTS) is 1. The zero-order valence-corrected chi connectivity index (χ0v) is 32.2. The van der Waals surface area contributed by atoms with E-state index in [1.807, 2.05) is 51.0 Å². The predicted octanol–water partition coefficient (Wildman–Crippen LogP) is 7.40. The number of aryl methyl sites for hydroxylation is 3. The molecule has 6 aromatic rings. The van der Waals surface area contributed by atoms with E-state index in [4.69, 9.17) is 31.3 Å². The van der Waals surface area contributed by atoms with E-state index >= 15 is 0 Å². The summed E-state index contributed by atoms with van der Waals surface area (Å²) in [5.41, 5.74) is 6.33. The summed E-state index contributed by atoms with van der Waals surface area (Å²) in [6, 6.07) is 14.4. The first-order chi connectivity index (χ1) is 26.1. The van der Waals surface area contributed by atoms with Crippen LogP contribution in [0, 0.1) is 5.82 Å². The van der Waals surface area contributed by atoms with E-state index in [2.05, 4.69) is 0 Å². The van der Waals surface area contributed by atoms with E-state index in [0.717, 1.165) is 56.5 Å². The number of benzene rings is 3. The summed E-state index contributed by atoms with van der Waals surface area (Å²) < 4.78 is 48.4. The predicted molar refractivity (Wildman–Crippen MR) is 207 cm³/mol. The fourth-order valence-corrected chi connectivity index (χ4v) is 10.5. The Kier molecular flexibility index (Phi) is 9.29. The van der Waals surface area contributed by atoms with Crippen LogP contribution in [0.15, 0.2) is 53.4 Å². The molecule has 3 aromatic heterocycles. The fraction of sp³-hybridized carbons (Fsp3) is 0.359. The average molecular weight is 789 g/mol. The Bertz CT molecular complexity index is 2510. The molecule has 0 spiro atoms. The van der Waals surface area contributed by atoms with Gasteiger partial charge in [0.2, 0.25) is 0 Å². The van der Waals surface area contributed by atoms with Crippen LogP contribution < -0.4 is 4.74 Å². The third-order valence-corrected chi connectivity index (χ3v) is 13.6. The van der Waals surface area contributed by atoms with Gasteiger partial charge in [-0.25, -0.2) is 17.7 Å². The molecule has 3 aromatic carbocycles. The first-order valence-corrected chi connectivity index (χ1v) is 20.5. The number of fused-ring (bicyclic) bond motifs is 10. The van der Waals surface area contributed by atoms with E-state index in [9.17, 15) is 18.5 Å². The highest BCUT2D eigenvalue weighted by molar-refractivity contribution is 7.98. The number of carboxylic acids is 1. The monoisotopic (exact) mass is 788 g/mol. The maximum Gasteiger partial charge on any atom is 0.352 e. The number of thioether (sulfide) groups is 1. The summed E-state index contributed by atoms with van der Waals surface area (Å²) in [5, 5.41) is 23.4. The van der Waals surface area contributed by atoms with Gasteiger partial charge in [-0.15, -0.1) is 11.8 Å². The SMILES string of the molecule is Cn1nc2cc1CSc1cc(c3ccc(F)cc3c1)OCCCc1c(C(=O)O)n(C)c3c(c(Cl)ccc13)-c1c(nn3c1COCC3)CN(S(=O)C1CC1)C2. The number of halogens is 2. The molecule has 1 N–H and O–H groups in total. The van der Waals surface area contributed by atoms with Crippen LogP contribution in [-0.4, -0.2) is 62.2 Å². The van der Waals surface area contributed by atoms with Crippen molar-refractivity contribution in [2.24, 2.45) is 14.1 Å². The lowest BCUT2D eigenvalue weighted by Crippen LogP contribution is -2.28. The number of hydrogen-bond donors (Lipinski definition) is 1. The van der Waals surface area contributed by atoms with Crippen molar-refractivity contribution in [3.8, 4) is 16.9 Å². The highest BCUT2D eigenvalue weighted by atomic mass is 35.5. The van der Waals surface area contributed by atoms with Gasteiger partial charge < -0.3 is 19.1 Å². The summed E-state index contributed by atoms with van der Waals surface area (Å²) in [6.45, 7) is 2.28. The summed E-state index contributed by atoms with van der Waals surface area (Å²) >= 11 is 8.74. The minimum Gasteiger partial charge on any atom is -0.493 e. The zero-order valence-electron chi connectivity index (χ0n) is 29.8. The molecule has 2 aliphatic heterocycles. The molecule has 9 rings (SSSR count). The molecule has 1 saturated carbocycles. The second-order valence-electron chi connectivity index (χ2n) is 14.1. The largest absolute Gasteiger partial charge is 0.493 e. The maximum absolute atomic E-state index is 14.4. The number of carbonyl (C=O) groups is 1. The normalized spacial score (nSPS) is 17.6. The highest BCUT2D eigenvalue weighted by Crippen LogP contribution is 2.44. The van der Waals surface area contributed by atoms with Crippen molar-refractivity contribution in [1.29, 1.82) is 0 Å². The molecule has 5 heterocycles. The molecule has 1 atom stereocenters. The Hall–Kier alpha value is -4.21.